The predicted molar refractivity (Wildman–Crippen MR) is 88.8 cm³/mol. The van der Waals surface area contributed by atoms with Gasteiger partial charge in [-0.15, -0.1) is 12.4 Å². The summed E-state index contributed by atoms with van der Waals surface area (Å²) in [4.78, 5) is 14.0. The van der Waals surface area contributed by atoms with E-state index in [-0.39, 0.29) is 23.5 Å². The molecular weight excluding hydrogens is 366 g/mol. The molecule has 9 heteroatoms. The minimum atomic E-state index is -2.83. The van der Waals surface area contributed by atoms with Crippen LogP contribution in [0.2, 0.25) is 5.02 Å². The summed E-state index contributed by atoms with van der Waals surface area (Å²) in [6, 6.07) is 3.56. The fourth-order valence-corrected chi connectivity index (χ4v) is 3.11. The molecule has 2 saturated heterocycles. The molecule has 0 bridgehead atoms. The van der Waals surface area contributed by atoms with Gasteiger partial charge in [0.05, 0.1) is 17.6 Å². The highest BCUT2D eigenvalue weighted by atomic mass is 35.5. The van der Waals surface area contributed by atoms with Crippen molar-refractivity contribution in [1.29, 1.82) is 0 Å². The van der Waals surface area contributed by atoms with Crippen LogP contribution in [0.5, 0.6) is 0 Å². The van der Waals surface area contributed by atoms with E-state index in [4.69, 9.17) is 11.6 Å². The second-order valence-corrected chi connectivity index (χ2v) is 6.44. The van der Waals surface area contributed by atoms with Crippen molar-refractivity contribution >= 4 is 35.6 Å². The lowest BCUT2D eigenvalue weighted by Gasteiger charge is -2.20. The summed E-state index contributed by atoms with van der Waals surface area (Å²) in [5.74, 6) is -3.73. The summed E-state index contributed by atoms with van der Waals surface area (Å²) >= 11 is 5.66. The van der Waals surface area contributed by atoms with Gasteiger partial charge in [-0.05, 0) is 24.6 Å². The molecule has 0 aromatic heterocycles. The molecule has 2 N–H and O–H groups in total. The van der Waals surface area contributed by atoms with Gasteiger partial charge in [-0.2, -0.15) is 0 Å². The van der Waals surface area contributed by atoms with E-state index >= 15 is 0 Å². The molecule has 1 aromatic rings. The van der Waals surface area contributed by atoms with Gasteiger partial charge in [0.25, 0.3) is 5.92 Å². The van der Waals surface area contributed by atoms with Crippen molar-refractivity contribution in [1.82, 2.24) is 10.6 Å². The molecule has 0 spiro atoms. The van der Waals surface area contributed by atoms with E-state index in [0.717, 1.165) is 0 Å². The zero-order valence-electron chi connectivity index (χ0n) is 12.7. The molecule has 2 aliphatic rings. The summed E-state index contributed by atoms with van der Waals surface area (Å²) in [7, 11) is 0. The van der Waals surface area contributed by atoms with Gasteiger partial charge in [-0.3, -0.25) is 10.1 Å². The molecule has 2 unspecified atom stereocenters. The molecule has 3 rings (SSSR count). The Morgan fingerprint density at radius 1 is 1.42 bits per heavy atom. The second-order valence-electron chi connectivity index (χ2n) is 6.03. The predicted octanol–water partition coefficient (Wildman–Crippen LogP) is 2.59. The molecule has 134 valence electrons. The maximum absolute atomic E-state index is 13.5. The minimum absolute atomic E-state index is 0. The number of rotatable bonds is 3. The highest BCUT2D eigenvalue weighted by Crippen LogP contribution is 2.27. The number of amides is 1. The van der Waals surface area contributed by atoms with Gasteiger partial charge in [0.1, 0.15) is 5.82 Å². The summed E-state index contributed by atoms with van der Waals surface area (Å²) in [6.07, 6.45) is 0.205. The molecular formula is C15H18Cl2F3N3O. The molecule has 2 fully saturated rings. The molecule has 1 aromatic carbocycles. The molecule has 1 amide bonds. The van der Waals surface area contributed by atoms with Crippen LogP contribution in [0, 0.1) is 5.82 Å². The average molecular weight is 384 g/mol. The van der Waals surface area contributed by atoms with Crippen molar-refractivity contribution in [3.8, 4) is 0 Å². The largest absolute Gasteiger partial charge is 0.369 e. The molecule has 2 heterocycles. The fraction of sp³-hybridized carbons (Fsp3) is 0.533. The Morgan fingerprint density at radius 2 is 2.17 bits per heavy atom. The minimum Gasteiger partial charge on any atom is -0.369 e. The van der Waals surface area contributed by atoms with E-state index in [0.29, 0.717) is 25.2 Å². The van der Waals surface area contributed by atoms with E-state index < -0.39 is 36.7 Å². The maximum atomic E-state index is 13.5. The van der Waals surface area contributed by atoms with Gasteiger partial charge < -0.3 is 10.2 Å². The monoisotopic (exact) mass is 383 g/mol. The van der Waals surface area contributed by atoms with Crippen molar-refractivity contribution in [3.63, 3.8) is 0 Å². The number of benzene rings is 1. The van der Waals surface area contributed by atoms with Crippen LogP contribution in [-0.4, -0.2) is 43.5 Å². The van der Waals surface area contributed by atoms with Gasteiger partial charge in [0.2, 0.25) is 5.91 Å². The number of halogens is 5. The molecule has 0 saturated carbocycles. The van der Waals surface area contributed by atoms with Crippen LogP contribution in [0.3, 0.4) is 0 Å². The third-order valence-electron chi connectivity index (χ3n) is 4.23. The normalized spacial score (nSPS) is 25.4. The number of nitrogens with zero attached hydrogens (tertiary/aromatic N) is 1. The number of nitrogens with one attached hydrogen (secondary N) is 2. The Morgan fingerprint density at radius 3 is 2.79 bits per heavy atom. The van der Waals surface area contributed by atoms with Crippen molar-refractivity contribution in [2.75, 3.05) is 24.5 Å². The standard InChI is InChI=1S/C15H17ClF3N3O.ClH/c16-11-2-1-10(5-12(11)17)22-4-3-9(7-22)21-14(23)13-6-15(18,19)8-20-13;/h1-2,5,9,13,20H,3-4,6-8H2,(H,21,23);1H. The smallest absolute Gasteiger partial charge is 0.262 e. The van der Waals surface area contributed by atoms with Crippen LogP contribution in [0.1, 0.15) is 12.8 Å². The summed E-state index contributed by atoms with van der Waals surface area (Å²) in [5.41, 5.74) is 0.689. The molecule has 0 aliphatic carbocycles. The quantitative estimate of drug-likeness (QED) is 0.842. The molecule has 0 radical (unpaired) electrons. The Hall–Kier alpha value is -1.18. The van der Waals surface area contributed by atoms with Gasteiger partial charge in [0.15, 0.2) is 0 Å². The van der Waals surface area contributed by atoms with Crippen molar-refractivity contribution in [3.05, 3.63) is 29.0 Å². The highest BCUT2D eigenvalue weighted by Gasteiger charge is 2.42. The third kappa shape index (κ3) is 4.26. The first-order valence-electron chi connectivity index (χ1n) is 7.46. The zero-order valence-corrected chi connectivity index (χ0v) is 14.3. The number of anilines is 1. The highest BCUT2D eigenvalue weighted by molar-refractivity contribution is 6.30. The zero-order chi connectivity index (χ0) is 16.6. The van der Waals surface area contributed by atoms with Crippen LogP contribution in [0.25, 0.3) is 0 Å². The Balaban J connectivity index is 0.00000208. The molecule has 24 heavy (non-hydrogen) atoms. The van der Waals surface area contributed by atoms with E-state index in [1.165, 1.54) is 12.1 Å². The SMILES string of the molecule is Cl.O=C(NC1CCN(c2ccc(Cl)c(F)c2)C1)C1CC(F)(F)CN1. The van der Waals surface area contributed by atoms with E-state index in [1.54, 1.807) is 6.07 Å². The number of carbonyl (C=O) groups is 1. The van der Waals surface area contributed by atoms with E-state index in [1.807, 2.05) is 4.90 Å². The molecule has 2 aliphatic heterocycles. The van der Waals surface area contributed by atoms with E-state index in [9.17, 15) is 18.0 Å². The lowest BCUT2D eigenvalue weighted by molar-refractivity contribution is -0.124. The van der Waals surface area contributed by atoms with E-state index in [2.05, 4.69) is 10.6 Å². The van der Waals surface area contributed by atoms with Crippen molar-refractivity contribution in [2.24, 2.45) is 0 Å². The van der Waals surface area contributed by atoms with Crippen LogP contribution in [0.15, 0.2) is 18.2 Å². The van der Waals surface area contributed by atoms with Gasteiger partial charge >= 0.3 is 0 Å². The van der Waals surface area contributed by atoms with Crippen molar-refractivity contribution < 1.29 is 18.0 Å². The van der Waals surface area contributed by atoms with Crippen LogP contribution in [-0.2, 0) is 4.79 Å². The Kier molecular flexibility index (Phi) is 5.88. The first-order chi connectivity index (χ1) is 10.8. The summed E-state index contributed by atoms with van der Waals surface area (Å²) < 4.78 is 39.8. The number of carbonyl (C=O) groups excluding carboxylic acids is 1. The van der Waals surface area contributed by atoms with Gasteiger partial charge in [-0.1, -0.05) is 11.6 Å². The topological polar surface area (TPSA) is 44.4 Å². The Bertz CT molecular complexity index is 618. The number of hydrogen-bond donors (Lipinski definition) is 2. The fourth-order valence-electron chi connectivity index (χ4n) is 3.00. The lowest BCUT2D eigenvalue weighted by atomic mass is 10.1. The van der Waals surface area contributed by atoms with Crippen molar-refractivity contribution in [2.45, 2.75) is 30.8 Å². The van der Waals surface area contributed by atoms with Gasteiger partial charge in [-0.25, -0.2) is 13.2 Å². The van der Waals surface area contributed by atoms with Crippen LogP contribution >= 0.6 is 24.0 Å². The number of alkyl halides is 2. The van der Waals surface area contributed by atoms with Crippen LogP contribution in [0.4, 0.5) is 18.9 Å². The third-order valence-corrected chi connectivity index (χ3v) is 4.54. The first kappa shape index (κ1) is 19.1. The Labute approximate surface area is 149 Å². The average Bonchev–Trinajstić information content (AvgIpc) is 3.08. The second kappa shape index (κ2) is 7.37. The summed E-state index contributed by atoms with van der Waals surface area (Å²) in [5, 5.41) is 5.39. The summed E-state index contributed by atoms with van der Waals surface area (Å²) in [6.45, 7) is 0.697. The first-order valence-corrected chi connectivity index (χ1v) is 7.83. The number of hydrogen-bond acceptors (Lipinski definition) is 3. The lowest BCUT2D eigenvalue weighted by Crippen LogP contribution is -2.46. The molecule has 2 atom stereocenters. The van der Waals surface area contributed by atoms with Crippen LogP contribution < -0.4 is 15.5 Å². The van der Waals surface area contributed by atoms with Gasteiger partial charge in [0, 0.05) is 31.2 Å². The molecule has 4 nitrogen and oxygen atoms in total. The maximum Gasteiger partial charge on any atom is 0.262 e.